The number of carbonyl (C=O) groups is 1. The lowest BCUT2D eigenvalue weighted by atomic mass is 10.00. The second kappa shape index (κ2) is 7.07. The maximum absolute atomic E-state index is 12.6. The minimum absolute atomic E-state index is 0.361. The number of nitrogens with one attached hydrogen (secondary N) is 1. The molecule has 1 unspecified atom stereocenters. The molecule has 0 aromatic carbocycles. The molecule has 3 saturated heterocycles. The first-order chi connectivity index (χ1) is 10.3. The first kappa shape index (κ1) is 15.3. The molecule has 120 valence electrons. The summed E-state index contributed by atoms with van der Waals surface area (Å²) >= 11 is 0. The number of hydrogen-bond donors (Lipinski definition) is 1. The summed E-state index contributed by atoms with van der Waals surface area (Å²) in [5.41, 5.74) is 0. The van der Waals surface area contributed by atoms with Gasteiger partial charge in [-0.05, 0) is 25.7 Å². The van der Waals surface area contributed by atoms with E-state index in [9.17, 15) is 4.79 Å². The Bertz CT molecular complexity index is 350. The van der Waals surface area contributed by atoms with Crippen LogP contribution in [-0.4, -0.2) is 85.0 Å². The Balaban J connectivity index is 1.44. The highest BCUT2D eigenvalue weighted by Gasteiger charge is 2.30. The largest absolute Gasteiger partial charge is 0.339 e. The Labute approximate surface area is 128 Å². The zero-order valence-electron chi connectivity index (χ0n) is 13.4. The second-order valence-corrected chi connectivity index (χ2v) is 6.77. The van der Waals surface area contributed by atoms with Gasteiger partial charge in [0.15, 0.2) is 0 Å². The van der Waals surface area contributed by atoms with Crippen LogP contribution in [0.15, 0.2) is 0 Å². The summed E-state index contributed by atoms with van der Waals surface area (Å²) in [6, 6.07) is 1.24. The molecule has 0 aliphatic carbocycles. The summed E-state index contributed by atoms with van der Waals surface area (Å²) < 4.78 is 0. The van der Waals surface area contributed by atoms with Gasteiger partial charge in [-0.3, -0.25) is 14.6 Å². The zero-order valence-corrected chi connectivity index (χ0v) is 13.4. The molecule has 3 aliphatic heterocycles. The van der Waals surface area contributed by atoms with Crippen LogP contribution < -0.4 is 5.32 Å². The average Bonchev–Trinajstić information content (AvgIpc) is 2.47. The average molecular weight is 294 g/mol. The molecular weight excluding hydrogens is 264 g/mol. The highest BCUT2D eigenvalue weighted by Crippen LogP contribution is 2.20. The molecule has 0 aromatic rings. The summed E-state index contributed by atoms with van der Waals surface area (Å²) in [6.45, 7) is 10.4. The smallest absolute Gasteiger partial charge is 0.236 e. The van der Waals surface area contributed by atoms with Crippen LogP contribution >= 0.6 is 0 Å². The minimum Gasteiger partial charge on any atom is -0.339 e. The molecule has 3 aliphatic rings. The van der Waals surface area contributed by atoms with E-state index < -0.39 is 0 Å². The molecule has 3 heterocycles. The van der Waals surface area contributed by atoms with E-state index in [1.54, 1.807) is 0 Å². The Morgan fingerprint density at radius 1 is 1.10 bits per heavy atom. The van der Waals surface area contributed by atoms with Crippen LogP contribution in [0, 0.1) is 0 Å². The molecule has 1 amide bonds. The summed E-state index contributed by atoms with van der Waals surface area (Å²) in [4.78, 5) is 19.7. The van der Waals surface area contributed by atoms with Crippen LogP contribution in [0.25, 0.3) is 0 Å². The fraction of sp³-hybridized carbons (Fsp3) is 0.938. The molecular formula is C16H30N4O. The second-order valence-electron chi connectivity index (χ2n) is 6.77. The summed E-state index contributed by atoms with van der Waals surface area (Å²) in [5, 5.41) is 3.34. The Kier molecular flexibility index (Phi) is 5.14. The molecule has 5 heteroatoms. The summed E-state index contributed by atoms with van der Waals surface area (Å²) in [5.74, 6) is 0.361. The SMILES string of the molecule is CCC1CCCCN1C(=O)CN1CCN(C2CNC2)CC1. The number of rotatable bonds is 4. The van der Waals surface area contributed by atoms with Crippen LogP contribution in [0.2, 0.25) is 0 Å². The van der Waals surface area contributed by atoms with Gasteiger partial charge >= 0.3 is 0 Å². The van der Waals surface area contributed by atoms with Crippen LogP contribution in [0.5, 0.6) is 0 Å². The van der Waals surface area contributed by atoms with Crippen molar-refractivity contribution in [2.75, 3.05) is 52.4 Å². The Morgan fingerprint density at radius 2 is 1.86 bits per heavy atom. The number of amides is 1. The van der Waals surface area contributed by atoms with Gasteiger partial charge < -0.3 is 10.2 Å². The van der Waals surface area contributed by atoms with E-state index in [1.807, 2.05) is 0 Å². The van der Waals surface area contributed by atoms with Gasteiger partial charge in [-0.15, -0.1) is 0 Å². The van der Waals surface area contributed by atoms with Crippen molar-refractivity contribution in [3.05, 3.63) is 0 Å². The van der Waals surface area contributed by atoms with Crippen molar-refractivity contribution < 1.29 is 4.79 Å². The predicted molar refractivity (Wildman–Crippen MR) is 84.3 cm³/mol. The standard InChI is InChI=1S/C16H30N4O/c1-2-14-5-3-4-6-20(14)16(21)13-18-7-9-19(10-8-18)15-11-17-12-15/h14-15,17H,2-13H2,1H3. The highest BCUT2D eigenvalue weighted by molar-refractivity contribution is 5.78. The first-order valence-electron chi connectivity index (χ1n) is 8.74. The molecule has 1 N–H and O–H groups in total. The predicted octanol–water partition coefficient (Wildman–Crippen LogP) is 0.367. The van der Waals surface area contributed by atoms with Crippen LogP contribution in [-0.2, 0) is 4.79 Å². The molecule has 21 heavy (non-hydrogen) atoms. The van der Waals surface area contributed by atoms with Gasteiger partial charge in [0.25, 0.3) is 0 Å². The van der Waals surface area contributed by atoms with Crippen molar-refractivity contribution in [2.24, 2.45) is 0 Å². The number of likely N-dealkylation sites (tertiary alicyclic amines) is 1. The summed E-state index contributed by atoms with van der Waals surface area (Å²) in [7, 11) is 0. The Hall–Kier alpha value is -0.650. The molecule has 0 spiro atoms. The number of piperidine rings is 1. The lowest BCUT2D eigenvalue weighted by Gasteiger charge is -2.43. The number of carbonyl (C=O) groups excluding carboxylic acids is 1. The van der Waals surface area contributed by atoms with E-state index in [1.165, 1.54) is 19.3 Å². The van der Waals surface area contributed by atoms with Crippen molar-refractivity contribution in [3.63, 3.8) is 0 Å². The van der Waals surface area contributed by atoms with Crippen molar-refractivity contribution in [1.82, 2.24) is 20.0 Å². The minimum atomic E-state index is 0.361. The molecule has 3 rings (SSSR count). The molecule has 5 nitrogen and oxygen atoms in total. The highest BCUT2D eigenvalue weighted by atomic mass is 16.2. The normalized spacial score (nSPS) is 29.4. The van der Waals surface area contributed by atoms with Crippen LogP contribution in [0.1, 0.15) is 32.6 Å². The molecule has 0 saturated carbocycles. The lowest BCUT2D eigenvalue weighted by molar-refractivity contribution is -0.136. The van der Waals surface area contributed by atoms with Gasteiger partial charge in [-0.25, -0.2) is 0 Å². The molecule has 1 atom stereocenters. The zero-order chi connectivity index (χ0) is 14.7. The van der Waals surface area contributed by atoms with E-state index in [2.05, 4.69) is 26.9 Å². The van der Waals surface area contributed by atoms with Gasteiger partial charge in [0.1, 0.15) is 0 Å². The third kappa shape index (κ3) is 3.58. The van der Waals surface area contributed by atoms with Gasteiger partial charge in [0, 0.05) is 57.9 Å². The van der Waals surface area contributed by atoms with E-state index in [4.69, 9.17) is 0 Å². The number of nitrogens with zero attached hydrogens (tertiary/aromatic N) is 3. The van der Waals surface area contributed by atoms with Crippen molar-refractivity contribution in [2.45, 2.75) is 44.7 Å². The fourth-order valence-electron chi connectivity index (χ4n) is 3.85. The molecule has 3 fully saturated rings. The third-order valence-corrected chi connectivity index (χ3v) is 5.46. The lowest BCUT2D eigenvalue weighted by Crippen LogP contribution is -2.62. The van der Waals surface area contributed by atoms with Gasteiger partial charge in [-0.2, -0.15) is 0 Å². The molecule has 0 bridgehead atoms. The van der Waals surface area contributed by atoms with E-state index in [-0.39, 0.29) is 0 Å². The van der Waals surface area contributed by atoms with Crippen molar-refractivity contribution in [1.29, 1.82) is 0 Å². The van der Waals surface area contributed by atoms with Gasteiger partial charge in [0.05, 0.1) is 6.54 Å². The monoisotopic (exact) mass is 294 g/mol. The van der Waals surface area contributed by atoms with E-state index in [0.29, 0.717) is 18.5 Å². The maximum atomic E-state index is 12.6. The van der Waals surface area contributed by atoms with Gasteiger partial charge in [-0.1, -0.05) is 6.92 Å². The van der Waals surface area contributed by atoms with Crippen molar-refractivity contribution in [3.8, 4) is 0 Å². The third-order valence-electron chi connectivity index (χ3n) is 5.46. The Morgan fingerprint density at radius 3 is 2.48 bits per heavy atom. The number of hydrogen-bond acceptors (Lipinski definition) is 4. The summed E-state index contributed by atoms with van der Waals surface area (Å²) in [6.07, 6.45) is 4.78. The van der Waals surface area contributed by atoms with Crippen molar-refractivity contribution >= 4 is 5.91 Å². The maximum Gasteiger partial charge on any atom is 0.236 e. The van der Waals surface area contributed by atoms with Crippen LogP contribution in [0.3, 0.4) is 0 Å². The van der Waals surface area contributed by atoms with E-state index in [0.717, 1.165) is 58.3 Å². The quantitative estimate of drug-likeness (QED) is 0.813. The number of piperazine rings is 1. The van der Waals surface area contributed by atoms with Gasteiger partial charge in [0.2, 0.25) is 5.91 Å². The first-order valence-corrected chi connectivity index (χ1v) is 8.74. The topological polar surface area (TPSA) is 38.8 Å². The molecule has 0 aromatic heterocycles. The van der Waals surface area contributed by atoms with E-state index >= 15 is 0 Å². The fourth-order valence-corrected chi connectivity index (χ4v) is 3.85. The van der Waals surface area contributed by atoms with Crippen LogP contribution in [0.4, 0.5) is 0 Å². The molecule has 0 radical (unpaired) electrons.